The molecule has 0 saturated carbocycles. The molecular formula is C14H12F3N5O4S. The summed E-state index contributed by atoms with van der Waals surface area (Å²) in [5.41, 5.74) is -3.30. The summed E-state index contributed by atoms with van der Waals surface area (Å²) in [5, 5.41) is 10.8. The molecule has 0 amide bonds. The maximum absolute atomic E-state index is 13.8. The number of fused-ring (bicyclic) bond motifs is 3. The van der Waals surface area contributed by atoms with Gasteiger partial charge in [-0.25, -0.2) is 14.8 Å². The number of aliphatic imine (C=N–C) groups is 2. The maximum atomic E-state index is 13.8. The Morgan fingerprint density at radius 3 is 2.56 bits per heavy atom. The summed E-state index contributed by atoms with van der Waals surface area (Å²) in [6, 6.07) is 3.84. The van der Waals surface area contributed by atoms with E-state index in [1.165, 1.54) is 42.1 Å². The van der Waals surface area contributed by atoms with Gasteiger partial charge < -0.3 is 9.64 Å². The molecule has 1 aromatic carbocycles. The summed E-state index contributed by atoms with van der Waals surface area (Å²) in [6.45, 7) is 0. The van der Waals surface area contributed by atoms with Crippen molar-refractivity contribution in [3.05, 3.63) is 28.3 Å². The normalized spacial score (nSPS) is 21.0. The second kappa shape index (κ2) is 6.11. The van der Waals surface area contributed by atoms with Crippen LogP contribution in [-0.4, -0.2) is 60.0 Å². The first-order valence-corrected chi connectivity index (χ1v) is 8.12. The van der Waals surface area contributed by atoms with Crippen molar-refractivity contribution in [3.8, 4) is 0 Å². The number of hydrogen-bond acceptors (Lipinski definition) is 9. The number of benzene rings is 1. The van der Waals surface area contributed by atoms with Gasteiger partial charge in [-0.15, -0.1) is 0 Å². The number of thioether (sulfide) groups is 1. The highest BCUT2D eigenvalue weighted by molar-refractivity contribution is 8.15. The van der Waals surface area contributed by atoms with Crippen LogP contribution in [0.4, 0.5) is 24.5 Å². The fourth-order valence-corrected chi connectivity index (χ4v) is 3.62. The zero-order valence-electron chi connectivity index (χ0n) is 14.1. The first-order valence-electron chi connectivity index (χ1n) is 7.30. The van der Waals surface area contributed by atoms with Crippen molar-refractivity contribution in [3.63, 3.8) is 0 Å². The highest BCUT2D eigenvalue weighted by Gasteiger charge is 2.65. The van der Waals surface area contributed by atoms with E-state index in [0.29, 0.717) is 10.6 Å². The lowest BCUT2D eigenvalue weighted by Gasteiger charge is -2.36. The molecule has 0 unspecified atom stereocenters. The molecule has 0 bridgehead atoms. The number of nitro groups is 1. The number of ether oxygens (including phenoxy) is 1. The molecule has 0 spiro atoms. The zero-order chi connectivity index (χ0) is 20.1. The highest BCUT2D eigenvalue weighted by atomic mass is 32.2. The number of alkyl halides is 3. The van der Waals surface area contributed by atoms with Gasteiger partial charge in [0.1, 0.15) is 0 Å². The summed E-state index contributed by atoms with van der Waals surface area (Å²) < 4.78 is 45.6. The van der Waals surface area contributed by atoms with Crippen LogP contribution in [0.25, 0.3) is 0 Å². The standard InChI is InChI=1S/C14H12F3N5O4S/c1-20(2)11-18-13(10(23)26-3,14(15,16)17)19-12-21(11)8-5-4-7(22(24)25)6-9(8)27-12/h4-6H,1-3H3/t13-/m0/s1. The Bertz CT molecular complexity index is 901. The minimum absolute atomic E-state index is 0.188. The van der Waals surface area contributed by atoms with Gasteiger partial charge in [0.05, 0.1) is 17.7 Å². The Labute approximate surface area is 154 Å². The summed E-state index contributed by atoms with van der Waals surface area (Å²) in [4.78, 5) is 32.4. The van der Waals surface area contributed by atoms with Crippen LogP contribution >= 0.6 is 11.8 Å². The van der Waals surface area contributed by atoms with Crippen molar-refractivity contribution < 1.29 is 27.6 Å². The van der Waals surface area contributed by atoms with Gasteiger partial charge in [0.25, 0.3) is 5.69 Å². The van der Waals surface area contributed by atoms with Crippen LogP contribution in [0.5, 0.6) is 0 Å². The number of hydrogen-bond donors (Lipinski definition) is 0. The number of anilines is 1. The maximum Gasteiger partial charge on any atom is 0.446 e. The molecule has 2 aliphatic heterocycles. The number of amidine groups is 1. The number of esters is 1. The first-order chi connectivity index (χ1) is 12.5. The minimum atomic E-state index is -5.15. The molecule has 1 atom stereocenters. The lowest BCUT2D eigenvalue weighted by atomic mass is 10.1. The molecule has 3 rings (SSSR count). The Morgan fingerprint density at radius 2 is 2.04 bits per heavy atom. The largest absolute Gasteiger partial charge is 0.465 e. The highest BCUT2D eigenvalue weighted by Crippen LogP contribution is 2.48. The zero-order valence-corrected chi connectivity index (χ0v) is 15.0. The lowest BCUT2D eigenvalue weighted by Crippen LogP contribution is -2.57. The van der Waals surface area contributed by atoms with Crippen molar-refractivity contribution >= 4 is 40.2 Å². The molecular weight excluding hydrogens is 391 g/mol. The van der Waals surface area contributed by atoms with Gasteiger partial charge in [0.15, 0.2) is 5.17 Å². The van der Waals surface area contributed by atoms with Crippen LogP contribution in [0.1, 0.15) is 0 Å². The SMILES string of the molecule is COC(=O)[C@@]1(C(F)(F)F)N=C2Sc3cc([N+](=O)[O-])ccc3N2C(N(C)C)=N1. The third kappa shape index (κ3) is 2.78. The summed E-state index contributed by atoms with van der Waals surface area (Å²) >= 11 is 0.775. The molecule has 0 radical (unpaired) electrons. The molecule has 9 nitrogen and oxygen atoms in total. The van der Waals surface area contributed by atoms with Crippen LogP contribution in [0, 0.1) is 10.1 Å². The van der Waals surface area contributed by atoms with E-state index >= 15 is 0 Å². The first kappa shape index (κ1) is 18.9. The Hall–Kier alpha value is -2.83. The van der Waals surface area contributed by atoms with Gasteiger partial charge in [-0.1, -0.05) is 0 Å². The van der Waals surface area contributed by atoms with Crippen LogP contribution in [0.15, 0.2) is 33.1 Å². The van der Waals surface area contributed by atoms with Gasteiger partial charge in [0, 0.05) is 31.1 Å². The molecule has 2 heterocycles. The number of non-ortho nitro benzene ring substituents is 1. The molecule has 27 heavy (non-hydrogen) atoms. The van der Waals surface area contributed by atoms with E-state index in [-0.39, 0.29) is 16.8 Å². The van der Waals surface area contributed by atoms with Gasteiger partial charge in [0.2, 0.25) is 5.96 Å². The van der Waals surface area contributed by atoms with Crippen molar-refractivity contribution in [1.82, 2.24) is 4.90 Å². The fraction of sp³-hybridized carbons (Fsp3) is 0.357. The molecule has 0 N–H and O–H groups in total. The van der Waals surface area contributed by atoms with Crippen molar-refractivity contribution in [2.24, 2.45) is 9.98 Å². The molecule has 1 aromatic rings. The van der Waals surface area contributed by atoms with Crippen LogP contribution in [0.3, 0.4) is 0 Å². The van der Waals surface area contributed by atoms with E-state index in [4.69, 9.17) is 0 Å². The number of nitro benzene ring substituents is 1. The molecule has 0 saturated heterocycles. The number of nitrogens with zero attached hydrogens (tertiary/aromatic N) is 5. The van der Waals surface area contributed by atoms with Crippen molar-refractivity contribution in [1.29, 1.82) is 0 Å². The number of carbonyl (C=O) groups excluding carboxylic acids is 1. The Balaban J connectivity index is 2.22. The van der Waals surface area contributed by atoms with Crippen LogP contribution < -0.4 is 4.90 Å². The molecule has 2 aliphatic rings. The smallest absolute Gasteiger partial charge is 0.446 e. The van der Waals surface area contributed by atoms with Crippen molar-refractivity contribution in [2.45, 2.75) is 16.7 Å². The molecule has 13 heteroatoms. The quantitative estimate of drug-likeness (QED) is 0.424. The predicted molar refractivity (Wildman–Crippen MR) is 90.8 cm³/mol. The number of halogens is 3. The summed E-state index contributed by atoms with van der Waals surface area (Å²) in [6.07, 6.45) is -5.15. The topological polar surface area (TPSA) is 101 Å². The Morgan fingerprint density at radius 1 is 1.37 bits per heavy atom. The minimum Gasteiger partial charge on any atom is -0.465 e. The molecule has 144 valence electrons. The van der Waals surface area contributed by atoms with E-state index in [1.54, 1.807) is 0 Å². The van der Waals surface area contributed by atoms with Gasteiger partial charge in [-0.2, -0.15) is 13.2 Å². The van der Waals surface area contributed by atoms with Gasteiger partial charge in [-0.3, -0.25) is 15.0 Å². The molecule has 0 aromatic heterocycles. The van der Waals surface area contributed by atoms with E-state index in [9.17, 15) is 28.1 Å². The third-order valence-corrected chi connectivity index (χ3v) is 4.78. The second-order valence-electron chi connectivity index (χ2n) is 5.71. The Kier molecular flexibility index (Phi) is 4.29. The number of methoxy groups -OCH3 is 1. The monoisotopic (exact) mass is 403 g/mol. The fourth-order valence-electron chi connectivity index (χ4n) is 2.53. The van der Waals surface area contributed by atoms with Gasteiger partial charge in [-0.05, 0) is 17.8 Å². The van der Waals surface area contributed by atoms with E-state index in [0.717, 1.165) is 18.9 Å². The van der Waals surface area contributed by atoms with Gasteiger partial charge >= 0.3 is 17.8 Å². The number of guanidine groups is 1. The summed E-state index contributed by atoms with van der Waals surface area (Å²) in [5.74, 6) is -1.88. The second-order valence-corrected chi connectivity index (χ2v) is 6.72. The van der Waals surface area contributed by atoms with Crippen LogP contribution in [0.2, 0.25) is 0 Å². The lowest BCUT2D eigenvalue weighted by molar-refractivity contribution is -0.385. The third-order valence-electron chi connectivity index (χ3n) is 3.77. The summed E-state index contributed by atoms with van der Waals surface area (Å²) in [7, 11) is 3.72. The predicted octanol–water partition coefficient (Wildman–Crippen LogP) is 2.23. The van der Waals surface area contributed by atoms with E-state index < -0.39 is 22.7 Å². The van der Waals surface area contributed by atoms with E-state index in [1.807, 2.05) is 0 Å². The molecule has 0 fully saturated rings. The number of rotatable bonds is 2. The molecule has 0 aliphatic carbocycles. The van der Waals surface area contributed by atoms with Crippen molar-refractivity contribution in [2.75, 3.05) is 26.1 Å². The average molecular weight is 403 g/mol. The number of carbonyl (C=O) groups is 1. The van der Waals surface area contributed by atoms with E-state index in [2.05, 4.69) is 14.7 Å². The van der Waals surface area contributed by atoms with Crippen LogP contribution in [-0.2, 0) is 9.53 Å². The average Bonchev–Trinajstić information content (AvgIpc) is 2.95.